The van der Waals surface area contributed by atoms with Crippen LogP contribution in [0.4, 0.5) is 10.1 Å². The molecular formula is C19H20FN5O2S. The van der Waals surface area contributed by atoms with Gasteiger partial charge in [0, 0.05) is 38.9 Å². The van der Waals surface area contributed by atoms with Gasteiger partial charge in [0.2, 0.25) is 5.91 Å². The van der Waals surface area contributed by atoms with Crippen LogP contribution in [-0.4, -0.2) is 57.5 Å². The smallest absolute Gasteiger partial charge is 0.233 e. The maximum atomic E-state index is 13.1. The van der Waals surface area contributed by atoms with Gasteiger partial charge in [-0.1, -0.05) is 11.8 Å². The van der Waals surface area contributed by atoms with Gasteiger partial charge in [0.1, 0.15) is 5.82 Å². The number of piperazine rings is 1. The number of halogens is 1. The normalized spacial score (nSPS) is 14.5. The number of hydrogen-bond donors (Lipinski definition) is 0. The van der Waals surface area contributed by atoms with Crippen molar-refractivity contribution in [1.82, 2.24) is 19.7 Å². The lowest BCUT2D eigenvalue weighted by molar-refractivity contribution is -0.128. The van der Waals surface area contributed by atoms with Crippen LogP contribution in [0.2, 0.25) is 0 Å². The zero-order valence-corrected chi connectivity index (χ0v) is 16.2. The molecule has 7 nitrogen and oxygen atoms in total. The average Bonchev–Trinajstić information content (AvgIpc) is 3.37. The highest BCUT2D eigenvalue weighted by Crippen LogP contribution is 2.23. The van der Waals surface area contributed by atoms with Crippen LogP contribution in [0.3, 0.4) is 0 Å². The van der Waals surface area contributed by atoms with Crippen LogP contribution < -0.4 is 4.90 Å². The molecule has 0 spiro atoms. The van der Waals surface area contributed by atoms with Gasteiger partial charge in [-0.15, -0.1) is 10.2 Å². The Bertz CT molecular complexity index is 934. The molecule has 3 heterocycles. The minimum absolute atomic E-state index is 0.0753. The second-order valence-corrected chi connectivity index (χ2v) is 7.42. The molecule has 28 heavy (non-hydrogen) atoms. The van der Waals surface area contributed by atoms with Gasteiger partial charge in [0.15, 0.2) is 16.7 Å². The van der Waals surface area contributed by atoms with Crippen LogP contribution in [0, 0.1) is 5.82 Å². The molecule has 1 saturated heterocycles. The Balaban J connectivity index is 1.30. The second-order valence-electron chi connectivity index (χ2n) is 6.48. The quantitative estimate of drug-likeness (QED) is 0.613. The molecule has 0 atom stereocenters. The topological polar surface area (TPSA) is 67.4 Å². The highest BCUT2D eigenvalue weighted by molar-refractivity contribution is 7.99. The maximum Gasteiger partial charge on any atom is 0.233 e. The molecule has 1 aliphatic heterocycles. The molecule has 1 amide bonds. The molecule has 0 N–H and O–H groups in total. The van der Waals surface area contributed by atoms with Gasteiger partial charge in [-0.3, -0.25) is 4.79 Å². The molecule has 1 aromatic carbocycles. The predicted octanol–water partition coefficient (Wildman–Crippen LogP) is 2.66. The molecular weight excluding hydrogens is 381 g/mol. The summed E-state index contributed by atoms with van der Waals surface area (Å²) in [6.45, 7) is 2.75. The van der Waals surface area contributed by atoms with Crippen molar-refractivity contribution in [3.63, 3.8) is 0 Å². The van der Waals surface area contributed by atoms with E-state index in [2.05, 4.69) is 15.1 Å². The first kappa shape index (κ1) is 18.5. The fourth-order valence-electron chi connectivity index (χ4n) is 3.14. The summed E-state index contributed by atoms with van der Waals surface area (Å²) in [5, 5.41) is 8.96. The van der Waals surface area contributed by atoms with Gasteiger partial charge in [-0.2, -0.15) is 0 Å². The molecule has 3 aromatic rings. The summed E-state index contributed by atoms with van der Waals surface area (Å²) in [5.74, 6) is 1.42. The van der Waals surface area contributed by atoms with E-state index in [0.29, 0.717) is 35.6 Å². The SMILES string of the molecule is Cn1c(SCC(=O)N2CCN(c3ccc(F)cc3)CC2)nnc1-c1ccco1. The molecule has 146 valence electrons. The Morgan fingerprint density at radius 3 is 2.57 bits per heavy atom. The summed E-state index contributed by atoms with van der Waals surface area (Å²) < 4.78 is 20.2. The first-order valence-electron chi connectivity index (χ1n) is 8.96. The molecule has 1 aliphatic rings. The van der Waals surface area contributed by atoms with E-state index < -0.39 is 0 Å². The summed E-state index contributed by atoms with van der Waals surface area (Å²) in [6.07, 6.45) is 1.59. The first-order chi connectivity index (χ1) is 13.6. The molecule has 4 rings (SSSR count). The van der Waals surface area contributed by atoms with E-state index in [-0.39, 0.29) is 11.7 Å². The standard InChI is InChI=1S/C19H20FN5O2S/c1-23-18(16-3-2-12-27-16)21-22-19(23)28-13-17(26)25-10-8-24(9-11-25)15-6-4-14(20)5-7-15/h2-7,12H,8-11,13H2,1H3. The van der Waals surface area contributed by atoms with Crippen molar-refractivity contribution in [2.75, 3.05) is 36.8 Å². The van der Waals surface area contributed by atoms with E-state index in [1.54, 1.807) is 24.5 Å². The van der Waals surface area contributed by atoms with E-state index in [1.165, 1.54) is 23.9 Å². The van der Waals surface area contributed by atoms with Crippen molar-refractivity contribution in [2.45, 2.75) is 5.16 Å². The Morgan fingerprint density at radius 2 is 1.89 bits per heavy atom. The zero-order chi connectivity index (χ0) is 19.5. The molecule has 0 bridgehead atoms. The Labute approximate surface area is 166 Å². The van der Waals surface area contributed by atoms with Gasteiger partial charge < -0.3 is 18.8 Å². The lowest BCUT2D eigenvalue weighted by Gasteiger charge is -2.36. The maximum absolute atomic E-state index is 13.1. The van der Waals surface area contributed by atoms with Crippen molar-refractivity contribution in [3.05, 3.63) is 48.5 Å². The fourth-order valence-corrected chi connectivity index (χ4v) is 3.96. The summed E-state index contributed by atoms with van der Waals surface area (Å²) in [5.41, 5.74) is 0.979. The number of benzene rings is 1. The van der Waals surface area contributed by atoms with Crippen molar-refractivity contribution in [3.8, 4) is 11.6 Å². The number of nitrogens with zero attached hydrogens (tertiary/aromatic N) is 5. The monoisotopic (exact) mass is 401 g/mol. The number of carbonyl (C=O) groups excluding carboxylic acids is 1. The van der Waals surface area contributed by atoms with E-state index >= 15 is 0 Å². The molecule has 0 unspecified atom stereocenters. The number of carbonyl (C=O) groups is 1. The Hall–Kier alpha value is -2.81. The Kier molecular flexibility index (Phi) is 5.34. The minimum Gasteiger partial charge on any atom is -0.461 e. The van der Waals surface area contributed by atoms with Crippen molar-refractivity contribution in [1.29, 1.82) is 0 Å². The van der Waals surface area contributed by atoms with Crippen molar-refractivity contribution < 1.29 is 13.6 Å². The second kappa shape index (κ2) is 8.05. The van der Waals surface area contributed by atoms with Crippen LogP contribution in [0.25, 0.3) is 11.6 Å². The summed E-state index contributed by atoms with van der Waals surface area (Å²) in [6, 6.07) is 10.1. The predicted molar refractivity (Wildman–Crippen MR) is 105 cm³/mol. The zero-order valence-electron chi connectivity index (χ0n) is 15.4. The van der Waals surface area contributed by atoms with Crippen LogP contribution in [0.1, 0.15) is 0 Å². The summed E-state index contributed by atoms with van der Waals surface area (Å²) in [7, 11) is 1.85. The number of hydrogen-bond acceptors (Lipinski definition) is 6. The number of rotatable bonds is 5. The van der Waals surface area contributed by atoms with Crippen molar-refractivity contribution >= 4 is 23.4 Å². The molecule has 1 fully saturated rings. The highest BCUT2D eigenvalue weighted by Gasteiger charge is 2.22. The van der Waals surface area contributed by atoms with E-state index in [4.69, 9.17) is 4.42 Å². The van der Waals surface area contributed by atoms with Crippen LogP contribution in [0.5, 0.6) is 0 Å². The highest BCUT2D eigenvalue weighted by atomic mass is 32.2. The molecule has 0 saturated carbocycles. The lowest BCUT2D eigenvalue weighted by atomic mass is 10.2. The molecule has 0 radical (unpaired) electrons. The van der Waals surface area contributed by atoms with Gasteiger partial charge in [-0.05, 0) is 36.4 Å². The molecule has 2 aromatic heterocycles. The molecule has 9 heteroatoms. The lowest BCUT2D eigenvalue weighted by Crippen LogP contribution is -2.49. The fraction of sp³-hybridized carbons (Fsp3) is 0.316. The van der Waals surface area contributed by atoms with E-state index in [9.17, 15) is 9.18 Å². The number of furan rings is 1. The number of anilines is 1. The van der Waals surface area contributed by atoms with Gasteiger partial charge in [-0.25, -0.2) is 4.39 Å². The third-order valence-electron chi connectivity index (χ3n) is 4.73. The van der Waals surface area contributed by atoms with E-state index in [1.807, 2.05) is 22.6 Å². The van der Waals surface area contributed by atoms with Crippen LogP contribution >= 0.6 is 11.8 Å². The van der Waals surface area contributed by atoms with Crippen molar-refractivity contribution in [2.24, 2.45) is 7.05 Å². The number of amides is 1. The summed E-state index contributed by atoms with van der Waals surface area (Å²) in [4.78, 5) is 16.6. The third kappa shape index (κ3) is 3.89. The number of aromatic nitrogens is 3. The van der Waals surface area contributed by atoms with Crippen LogP contribution in [0.15, 0.2) is 52.2 Å². The average molecular weight is 401 g/mol. The van der Waals surface area contributed by atoms with Gasteiger partial charge in [0.25, 0.3) is 0 Å². The largest absolute Gasteiger partial charge is 0.461 e. The Morgan fingerprint density at radius 1 is 1.14 bits per heavy atom. The van der Waals surface area contributed by atoms with E-state index in [0.717, 1.165) is 18.8 Å². The van der Waals surface area contributed by atoms with Crippen LogP contribution in [-0.2, 0) is 11.8 Å². The third-order valence-corrected chi connectivity index (χ3v) is 5.73. The van der Waals surface area contributed by atoms with Gasteiger partial charge in [0.05, 0.1) is 12.0 Å². The van der Waals surface area contributed by atoms with Gasteiger partial charge >= 0.3 is 0 Å². The molecule has 0 aliphatic carbocycles. The minimum atomic E-state index is -0.242. The summed E-state index contributed by atoms with van der Waals surface area (Å²) >= 11 is 1.37. The number of thioether (sulfide) groups is 1. The first-order valence-corrected chi connectivity index (χ1v) is 9.95.